The molecule has 0 saturated carbocycles. The van der Waals surface area contributed by atoms with Crippen LogP contribution in [0.15, 0.2) is 36.4 Å². The first-order valence-electron chi connectivity index (χ1n) is 11.2. The molecule has 0 heterocycles. The van der Waals surface area contributed by atoms with Crippen molar-refractivity contribution in [3.05, 3.63) is 58.7 Å². The van der Waals surface area contributed by atoms with E-state index in [0.717, 1.165) is 21.4 Å². The van der Waals surface area contributed by atoms with Gasteiger partial charge in [0.25, 0.3) is 0 Å². The molecule has 0 nitrogen and oxygen atoms in total. The van der Waals surface area contributed by atoms with Crippen molar-refractivity contribution in [3.8, 4) is 0 Å². The Morgan fingerprint density at radius 3 is 1.17 bits per heavy atom. The molecule has 173 valence electrons. The molecule has 0 aliphatic heterocycles. The second-order valence-corrected chi connectivity index (χ2v) is 13.0. The average molecular weight is 505 g/mol. The quantitative estimate of drug-likeness (QED) is 0.272. The van der Waals surface area contributed by atoms with Crippen molar-refractivity contribution in [3.63, 3.8) is 0 Å². The van der Waals surface area contributed by atoms with Crippen LogP contribution in [-0.4, -0.2) is 9.52 Å². The van der Waals surface area contributed by atoms with Gasteiger partial charge in [0.05, 0.1) is 0 Å². The molecular weight excluding hydrogens is 459 g/mol. The molecule has 0 amide bonds. The van der Waals surface area contributed by atoms with Gasteiger partial charge in [-0.15, -0.1) is 0 Å². The topological polar surface area (TPSA) is 0 Å². The minimum absolute atomic E-state index is 0.556. The van der Waals surface area contributed by atoms with E-state index in [1.165, 1.54) is 35.1 Å². The van der Waals surface area contributed by atoms with Crippen molar-refractivity contribution in [2.75, 3.05) is 0 Å². The standard InChI is InChI=1S/2C12H19.C2H7Si.2ClH.Ti/c2*1-9(2)7-11-5-6-12(8-11)10(3)4;1-3-2;;;/h2*5-6,8-10H,7H2,1-4H3;3H,1-2H3;2*1H;/q2*-1;;;;+2/p-2. The van der Waals surface area contributed by atoms with Crippen molar-refractivity contribution < 1.29 is 17.0 Å². The van der Waals surface area contributed by atoms with Gasteiger partial charge in [0.2, 0.25) is 0 Å². The van der Waals surface area contributed by atoms with Crippen LogP contribution in [0.3, 0.4) is 0 Å². The van der Waals surface area contributed by atoms with Gasteiger partial charge in [-0.1, -0.05) is 93.2 Å². The fraction of sp³-hybridized carbons (Fsp3) is 0.615. The predicted molar refractivity (Wildman–Crippen MR) is 140 cm³/mol. The molecule has 2 aromatic carbocycles. The summed E-state index contributed by atoms with van der Waals surface area (Å²) in [7, 11) is 10.5. The van der Waals surface area contributed by atoms with Crippen LogP contribution in [0.25, 0.3) is 0 Å². The van der Waals surface area contributed by atoms with Crippen molar-refractivity contribution in [1.29, 1.82) is 0 Å². The van der Waals surface area contributed by atoms with E-state index in [2.05, 4.69) is 105 Å². The third-order valence-electron chi connectivity index (χ3n) is 4.31. The van der Waals surface area contributed by atoms with Crippen LogP contribution in [0.1, 0.15) is 89.5 Å². The van der Waals surface area contributed by atoms with E-state index in [9.17, 15) is 0 Å². The molecule has 0 unspecified atom stereocenters. The van der Waals surface area contributed by atoms with Gasteiger partial charge in [-0.25, -0.2) is 12.1 Å². The molecule has 2 rings (SSSR count). The molecule has 0 atom stereocenters. The van der Waals surface area contributed by atoms with Gasteiger partial charge in [0.1, 0.15) is 0 Å². The van der Waals surface area contributed by atoms with Gasteiger partial charge in [0.15, 0.2) is 0 Å². The van der Waals surface area contributed by atoms with E-state index in [1.54, 1.807) is 0 Å². The zero-order valence-corrected chi connectivity index (χ0v) is 25.2. The monoisotopic (exact) mass is 503 g/mol. The Hall–Kier alpha value is 0.211. The van der Waals surface area contributed by atoms with E-state index < -0.39 is 17.0 Å². The molecule has 4 heteroatoms. The molecule has 0 fully saturated rings. The Bertz CT molecular complexity index is 558. The number of halogens is 2. The summed E-state index contributed by atoms with van der Waals surface area (Å²) in [6, 6.07) is 13.7. The van der Waals surface area contributed by atoms with Gasteiger partial charge < -0.3 is 0 Å². The summed E-state index contributed by atoms with van der Waals surface area (Å²) in [4.78, 5) is 0. The Morgan fingerprint density at radius 2 is 1.00 bits per heavy atom. The van der Waals surface area contributed by atoms with Gasteiger partial charge in [-0.2, -0.15) is 46.5 Å². The maximum absolute atomic E-state index is 4.89. The van der Waals surface area contributed by atoms with Gasteiger partial charge in [0, 0.05) is 9.52 Å². The maximum atomic E-state index is 4.89. The average Bonchev–Trinajstić information content (AvgIpc) is 3.25. The molecule has 0 aliphatic rings. The summed E-state index contributed by atoms with van der Waals surface area (Å²) >= 11 is -0.556. The molecule has 0 saturated heterocycles. The second-order valence-electron chi connectivity index (χ2n) is 9.26. The van der Waals surface area contributed by atoms with Gasteiger partial charge in [-0.05, 0) is 11.8 Å². The predicted octanol–water partition coefficient (Wildman–Crippen LogP) is 9.35. The molecule has 1 radical (unpaired) electrons. The van der Waals surface area contributed by atoms with E-state index in [0.29, 0.717) is 11.8 Å². The summed E-state index contributed by atoms with van der Waals surface area (Å²) in [5.74, 6) is 2.89. The molecule has 30 heavy (non-hydrogen) atoms. The van der Waals surface area contributed by atoms with Crippen LogP contribution in [0, 0.1) is 11.8 Å². The molecule has 0 aromatic heterocycles. The van der Waals surface area contributed by atoms with E-state index in [-0.39, 0.29) is 0 Å². The van der Waals surface area contributed by atoms with Gasteiger partial charge in [-0.3, -0.25) is 0 Å². The number of rotatable bonds is 6. The first-order chi connectivity index (χ1) is 14.0. The van der Waals surface area contributed by atoms with Crippen molar-refractivity contribution in [2.24, 2.45) is 11.8 Å². The number of hydrogen-bond acceptors (Lipinski definition) is 0. The Balaban J connectivity index is 0. The molecular formula is C26H45Cl2SiTi-2. The Labute approximate surface area is 207 Å². The van der Waals surface area contributed by atoms with E-state index >= 15 is 0 Å². The fourth-order valence-corrected chi connectivity index (χ4v) is 2.94. The van der Waals surface area contributed by atoms with Crippen LogP contribution in [-0.2, 0) is 29.9 Å². The third kappa shape index (κ3) is 17.8. The van der Waals surface area contributed by atoms with Crippen LogP contribution < -0.4 is 0 Å². The molecule has 0 aliphatic carbocycles. The van der Waals surface area contributed by atoms with Crippen molar-refractivity contribution in [1.82, 2.24) is 0 Å². The SMILES string of the molecule is CC(C)Cc1c[cH-]c(C(C)C)c1.CC(C)Cc1c[cH-]c(C(C)C)c1.C[SiH]C.[Cl][Ti][Cl]. The summed E-state index contributed by atoms with van der Waals surface area (Å²) < 4.78 is 0. The van der Waals surface area contributed by atoms with E-state index in [4.69, 9.17) is 18.6 Å². The van der Waals surface area contributed by atoms with Crippen LogP contribution in [0.2, 0.25) is 13.1 Å². The summed E-state index contributed by atoms with van der Waals surface area (Å²) in [5.41, 5.74) is 5.94. The van der Waals surface area contributed by atoms with Gasteiger partial charge >= 0.3 is 35.6 Å². The zero-order valence-electron chi connectivity index (χ0n) is 21.0. The van der Waals surface area contributed by atoms with Crippen LogP contribution in [0.5, 0.6) is 0 Å². The molecule has 2 aromatic rings. The summed E-state index contributed by atoms with van der Waals surface area (Å²) in [6.07, 6.45) is 2.43. The normalized spacial score (nSPS) is 10.3. The summed E-state index contributed by atoms with van der Waals surface area (Å²) in [5, 5.41) is 0. The Kier molecular flexibility index (Phi) is 21.4. The third-order valence-corrected chi connectivity index (χ3v) is 4.31. The first kappa shape index (κ1) is 32.4. The molecule has 0 N–H and O–H groups in total. The number of hydrogen-bond donors (Lipinski definition) is 0. The second kappa shape index (κ2) is 19.9. The fourth-order valence-electron chi connectivity index (χ4n) is 2.94. The first-order valence-corrected chi connectivity index (χ1v) is 17.8. The molecule has 0 spiro atoms. The van der Waals surface area contributed by atoms with Crippen molar-refractivity contribution >= 4 is 28.1 Å². The van der Waals surface area contributed by atoms with Crippen LogP contribution >= 0.6 is 18.6 Å². The molecule has 0 bridgehead atoms. The Morgan fingerprint density at radius 1 is 0.733 bits per heavy atom. The summed E-state index contributed by atoms with van der Waals surface area (Å²) in [6.45, 7) is 22.5. The minimum atomic E-state index is -0.556. The zero-order chi connectivity index (χ0) is 23.7. The van der Waals surface area contributed by atoms with Crippen molar-refractivity contribution in [2.45, 2.75) is 93.2 Å². The van der Waals surface area contributed by atoms with E-state index in [1.807, 2.05) is 0 Å². The van der Waals surface area contributed by atoms with Crippen LogP contribution in [0.4, 0.5) is 0 Å².